The molecule has 0 heterocycles. The van der Waals surface area contributed by atoms with Gasteiger partial charge in [-0.1, -0.05) is 31.4 Å². The Kier molecular flexibility index (Phi) is 7.03. The molecule has 1 fully saturated rings. The van der Waals surface area contributed by atoms with E-state index in [4.69, 9.17) is 5.11 Å². The number of aryl methyl sites for hydroxylation is 2. The van der Waals surface area contributed by atoms with Crippen LogP contribution in [0.25, 0.3) is 0 Å². The number of rotatable bonds is 9. The van der Waals surface area contributed by atoms with Gasteiger partial charge in [-0.25, -0.2) is 8.42 Å². The van der Waals surface area contributed by atoms with Crippen molar-refractivity contribution >= 4 is 21.7 Å². The second-order valence-corrected chi connectivity index (χ2v) is 9.66. The molecule has 0 radical (unpaired) electrons. The summed E-state index contributed by atoms with van der Waals surface area (Å²) in [6.45, 7) is 3.97. The Morgan fingerprint density at radius 1 is 1.11 bits per heavy atom. The van der Waals surface area contributed by atoms with Gasteiger partial charge in [0.15, 0.2) is 14.6 Å². The Morgan fingerprint density at radius 2 is 1.78 bits per heavy atom. The predicted octanol–water partition coefficient (Wildman–Crippen LogP) is 3.15. The molecule has 1 saturated carbocycles. The third-order valence-corrected chi connectivity index (χ3v) is 7.97. The van der Waals surface area contributed by atoms with Crippen molar-refractivity contribution in [3.05, 3.63) is 29.3 Å². The molecule has 1 aromatic carbocycles. The van der Waals surface area contributed by atoms with E-state index in [2.05, 4.69) is 5.32 Å². The fourth-order valence-electron chi connectivity index (χ4n) is 3.71. The standard InChI is InChI=1S/C20H29NO5S/c1-15-9-10-16(2)17(14-15)27(25,26)20(11-5-6-12-20)19(24)21-13-7-3-4-8-18(22)23/h9-10,14H,3-8,11-13H2,1-2H3,(H,21,24)(H,22,23). The summed E-state index contributed by atoms with van der Waals surface area (Å²) in [5.41, 5.74) is 1.51. The summed E-state index contributed by atoms with van der Waals surface area (Å²) in [5, 5.41) is 11.4. The van der Waals surface area contributed by atoms with Gasteiger partial charge in [0.25, 0.3) is 0 Å². The normalized spacial score (nSPS) is 16.2. The van der Waals surface area contributed by atoms with E-state index in [0.717, 1.165) is 18.4 Å². The largest absolute Gasteiger partial charge is 0.481 e. The van der Waals surface area contributed by atoms with Crippen LogP contribution >= 0.6 is 0 Å². The Bertz CT molecular complexity index is 795. The highest BCUT2D eigenvalue weighted by Gasteiger charge is 2.53. The van der Waals surface area contributed by atoms with Crippen LogP contribution in [0, 0.1) is 13.8 Å². The first-order chi connectivity index (χ1) is 12.7. The van der Waals surface area contributed by atoms with Gasteiger partial charge in [0.2, 0.25) is 5.91 Å². The van der Waals surface area contributed by atoms with Crippen LogP contribution in [-0.2, 0) is 19.4 Å². The minimum atomic E-state index is -3.80. The molecule has 0 spiro atoms. The van der Waals surface area contributed by atoms with Crippen LogP contribution in [0.15, 0.2) is 23.1 Å². The van der Waals surface area contributed by atoms with Crippen LogP contribution in [0.2, 0.25) is 0 Å². The molecule has 0 unspecified atom stereocenters. The predicted molar refractivity (Wildman–Crippen MR) is 103 cm³/mol. The van der Waals surface area contributed by atoms with Crippen LogP contribution in [0.5, 0.6) is 0 Å². The molecule has 0 atom stereocenters. The van der Waals surface area contributed by atoms with Crippen LogP contribution in [0.3, 0.4) is 0 Å². The average Bonchev–Trinajstić information content (AvgIpc) is 3.11. The van der Waals surface area contributed by atoms with Crippen LogP contribution in [0.4, 0.5) is 0 Å². The number of carboxylic acids is 1. The summed E-state index contributed by atoms with van der Waals surface area (Å²) < 4.78 is 25.5. The minimum Gasteiger partial charge on any atom is -0.481 e. The van der Waals surface area contributed by atoms with Crippen LogP contribution in [-0.4, -0.2) is 36.7 Å². The van der Waals surface area contributed by atoms with Gasteiger partial charge in [0.05, 0.1) is 4.90 Å². The maximum atomic E-state index is 13.5. The van der Waals surface area contributed by atoms with Crippen molar-refractivity contribution in [3.63, 3.8) is 0 Å². The molecule has 0 aliphatic heterocycles. The van der Waals surface area contributed by atoms with Crippen molar-refractivity contribution in [2.24, 2.45) is 0 Å². The zero-order valence-corrected chi connectivity index (χ0v) is 16.9. The van der Waals surface area contributed by atoms with E-state index in [1.54, 1.807) is 19.1 Å². The number of hydrogen-bond acceptors (Lipinski definition) is 4. The molecule has 1 aliphatic carbocycles. The first-order valence-electron chi connectivity index (χ1n) is 9.53. The number of carboxylic acid groups (broad SMARTS) is 1. The lowest BCUT2D eigenvalue weighted by atomic mass is 10.1. The van der Waals surface area contributed by atoms with E-state index in [1.165, 1.54) is 0 Å². The molecular formula is C20H29NO5S. The average molecular weight is 396 g/mol. The van der Waals surface area contributed by atoms with E-state index < -0.39 is 26.5 Å². The highest BCUT2D eigenvalue weighted by molar-refractivity contribution is 7.93. The topological polar surface area (TPSA) is 101 Å². The molecule has 6 nitrogen and oxygen atoms in total. The zero-order valence-electron chi connectivity index (χ0n) is 16.1. The molecule has 0 aromatic heterocycles. The number of carbonyl (C=O) groups is 2. The first kappa shape index (κ1) is 21.4. The van der Waals surface area contributed by atoms with Gasteiger partial charge >= 0.3 is 5.97 Å². The molecule has 0 saturated heterocycles. The summed E-state index contributed by atoms with van der Waals surface area (Å²) in [6, 6.07) is 5.31. The van der Waals surface area contributed by atoms with E-state index in [-0.39, 0.29) is 11.3 Å². The molecule has 1 aromatic rings. The SMILES string of the molecule is Cc1ccc(C)c(S(=O)(=O)C2(C(=O)NCCCCCC(=O)O)CCCC2)c1. The summed E-state index contributed by atoms with van der Waals surface area (Å²) in [6.07, 6.45) is 4.10. The highest BCUT2D eigenvalue weighted by atomic mass is 32.2. The molecule has 0 bridgehead atoms. The number of aliphatic carboxylic acids is 1. The number of carbonyl (C=O) groups excluding carboxylic acids is 1. The first-order valence-corrected chi connectivity index (χ1v) is 11.0. The summed E-state index contributed by atoms with van der Waals surface area (Å²) in [7, 11) is -3.80. The molecular weight excluding hydrogens is 366 g/mol. The molecule has 2 N–H and O–H groups in total. The van der Waals surface area contributed by atoms with Crippen molar-refractivity contribution in [2.45, 2.75) is 74.9 Å². The zero-order chi connectivity index (χ0) is 20.1. The quantitative estimate of drug-likeness (QED) is 0.626. The smallest absolute Gasteiger partial charge is 0.303 e. The second-order valence-electron chi connectivity index (χ2n) is 7.43. The number of unbranched alkanes of at least 4 members (excludes halogenated alkanes) is 2. The van der Waals surface area contributed by atoms with E-state index in [1.807, 2.05) is 13.0 Å². The third kappa shape index (κ3) is 4.69. The number of sulfone groups is 1. The second kappa shape index (κ2) is 8.87. The molecule has 27 heavy (non-hydrogen) atoms. The number of hydrogen-bond donors (Lipinski definition) is 2. The van der Waals surface area contributed by atoms with Gasteiger partial charge < -0.3 is 10.4 Å². The molecule has 1 aliphatic rings. The van der Waals surface area contributed by atoms with Gasteiger partial charge in [-0.05, 0) is 56.7 Å². The van der Waals surface area contributed by atoms with Crippen molar-refractivity contribution in [2.75, 3.05) is 6.54 Å². The lowest BCUT2D eigenvalue weighted by Gasteiger charge is -2.28. The Labute approximate surface area is 161 Å². The van der Waals surface area contributed by atoms with Crippen molar-refractivity contribution in [1.29, 1.82) is 0 Å². The maximum absolute atomic E-state index is 13.5. The molecule has 7 heteroatoms. The van der Waals surface area contributed by atoms with Gasteiger partial charge in [0, 0.05) is 13.0 Å². The number of nitrogens with one attached hydrogen (secondary N) is 1. The lowest BCUT2D eigenvalue weighted by Crippen LogP contribution is -2.51. The summed E-state index contributed by atoms with van der Waals surface area (Å²) in [5.74, 6) is -1.25. The van der Waals surface area contributed by atoms with Crippen molar-refractivity contribution in [1.82, 2.24) is 5.32 Å². The van der Waals surface area contributed by atoms with Gasteiger partial charge in [-0.2, -0.15) is 0 Å². The molecule has 1 amide bonds. The monoisotopic (exact) mass is 395 g/mol. The Morgan fingerprint density at radius 3 is 2.41 bits per heavy atom. The fraction of sp³-hybridized carbons (Fsp3) is 0.600. The Hall–Kier alpha value is -1.89. The van der Waals surface area contributed by atoms with Gasteiger partial charge in [0.1, 0.15) is 0 Å². The number of benzene rings is 1. The third-order valence-electron chi connectivity index (χ3n) is 5.33. The van der Waals surface area contributed by atoms with Crippen LogP contribution in [0.1, 0.15) is 62.5 Å². The molecule has 150 valence electrons. The highest BCUT2D eigenvalue weighted by Crippen LogP contribution is 2.41. The minimum absolute atomic E-state index is 0.110. The maximum Gasteiger partial charge on any atom is 0.303 e. The van der Waals surface area contributed by atoms with Gasteiger partial charge in [-0.3, -0.25) is 9.59 Å². The van der Waals surface area contributed by atoms with E-state index >= 15 is 0 Å². The van der Waals surface area contributed by atoms with Crippen LogP contribution < -0.4 is 5.32 Å². The number of amides is 1. The van der Waals surface area contributed by atoms with Crippen molar-refractivity contribution in [3.8, 4) is 0 Å². The van der Waals surface area contributed by atoms with E-state index in [9.17, 15) is 18.0 Å². The summed E-state index contributed by atoms with van der Waals surface area (Å²) in [4.78, 5) is 23.7. The fourth-order valence-corrected chi connectivity index (χ4v) is 6.11. The van der Waals surface area contributed by atoms with Crippen molar-refractivity contribution < 1.29 is 23.1 Å². The Balaban J connectivity index is 2.13. The molecule has 2 rings (SSSR count). The summed E-state index contributed by atoms with van der Waals surface area (Å²) >= 11 is 0. The van der Waals surface area contributed by atoms with Gasteiger partial charge in [-0.15, -0.1) is 0 Å². The van der Waals surface area contributed by atoms with E-state index in [0.29, 0.717) is 44.2 Å². The lowest BCUT2D eigenvalue weighted by molar-refractivity contribution is -0.137.